The van der Waals surface area contributed by atoms with E-state index in [1.54, 1.807) is 17.4 Å². The van der Waals surface area contributed by atoms with Crippen molar-refractivity contribution in [2.75, 3.05) is 6.54 Å². The molecule has 0 atom stereocenters. The fraction of sp³-hybridized carbons (Fsp3) is 0.188. The highest BCUT2D eigenvalue weighted by atomic mass is 79.9. The Kier molecular flexibility index (Phi) is 5.57. The summed E-state index contributed by atoms with van der Waals surface area (Å²) < 4.78 is 1.02. The number of hydrogen-bond acceptors (Lipinski definition) is 3. The molecule has 1 aromatic carbocycles. The smallest absolute Gasteiger partial charge is 0.251 e. The van der Waals surface area contributed by atoms with Gasteiger partial charge >= 0.3 is 0 Å². The summed E-state index contributed by atoms with van der Waals surface area (Å²) in [6.45, 7) is 2.79. The van der Waals surface area contributed by atoms with Gasteiger partial charge in [-0.15, -0.1) is 11.3 Å². The molecule has 21 heavy (non-hydrogen) atoms. The zero-order valence-corrected chi connectivity index (χ0v) is 14.0. The van der Waals surface area contributed by atoms with Gasteiger partial charge in [-0.05, 0) is 58.1 Å². The lowest BCUT2D eigenvalue weighted by molar-refractivity contribution is 0.0951. The average molecular weight is 363 g/mol. The lowest BCUT2D eigenvalue weighted by atomic mass is 10.0. The van der Waals surface area contributed by atoms with Crippen LogP contribution in [-0.4, -0.2) is 12.5 Å². The zero-order valence-electron chi connectivity index (χ0n) is 11.6. The molecule has 3 N–H and O–H groups in total. The molecule has 108 valence electrons. The highest BCUT2D eigenvalue weighted by Crippen LogP contribution is 2.22. The van der Waals surface area contributed by atoms with Gasteiger partial charge in [-0.1, -0.05) is 11.8 Å². The first-order chi connectivity index (χ1) is 10.1. The highest BCUT2D eigenvalue weighted by Gasteiger charge is 2.08. The number of thiophene rings is 1. The van der Waals surface area contributed by atoms with E-state index < -0.39 is 0 Å². The molecular weight excluding hydrogens is 348 g/mol. The number of benzene rings is 1. The van der Waals surface area contributed by atoms with Crippen molar-refractivity contribution in [1.29, 1.82) is 0 Å². The summed E-state index contributed by atoms with van der Waals surface area (Å²) >= 11 is 5.06. The van der Waals surface area contributed by atoms with Crippen LogP contribution in [0, 0.1) is 18.8 Å². The quantitative estimate of drug-likeness (QED) is 0.824. The van der Waals surface area contributed by atoms with Crippen molar-refractivity contribution >= 4 is 33.2 Å². The Morgan fingerprint density at radius 2 is 2.24 bits per heavy atom. The minimum Gasteiger partial charge on any atom is -0.347 e. The molecule has 0 fully saturated rings. The molecule has 0 spiro atoms. The molecule has 1 heterocycles. The van der Waals surface area contributed by atoms with Crippen LogP contribution in [0.3, 0.4) is 0 Å². The van der Waals surface area contributed by atoms with Crippen molar-refractivity contribution in [2.45, 2.75) is 13.5 Å². The van der Waals surface area contributed by atoms with Crippen LogP contribution in [0.25, 0.3) is 0 Å². The summed E-state index contributed by atoms with van der Waals surface area (Å²) in [5, 5.41) is 4.90. The summed E-state index contributed by atoms with van der Waals surface area (Å²) in [6, 6.07) is 7.46. The number of carbonyl (C=O) groups is 1. The van der Waals surface area contributed by atoms with Crippen LogP contribution < -0.4 is 11.1 Å². The predicted octanol–water partition coefficient (Wildman–Crippen LogP) is 3.06. The van der Waals surface area contributed by atoms with Crippen molar-refractivity contribution in [2.24, 2.45) is 5.73 Å². The molecule has 0 aliphatic rings. The third-order valence-corrected chi connectivity index (χ3v) is 4.84. The second-order valence-electron chi connectivity index (χ2n) is 4.41. The van der Waals surface area contributed by atoms with Crippen LogP contribution >= 0.6 is 27.3 Å². The van der Waals surface area contributed by atoms with Crippen molar-refractivity contribution in [3.63, 3.8) is 0 Å². The van der Waals surface area contributed by atoms with E-state index in [1.807, 2.05) is 30.5 Å². The average Bonchev–Trinajstić information content (AvgIpc) is 2.88. The van der Waals surface area contributed by atoms with Gasteiger partial charge in [0.2, 0.25) is 0 Å². The van der Waals surface area contributed by atoms with Crippen LogP contribution in [-0.2, 0) is 6.54 Å². The maximum absolute atomic E-state index is 12.2. The van der Waals surface area contributed by atoms with Gasteiger partial charge in [0, 0.05) is 20.5 Å². The predicted molar refractivity (Wildman–Crippen MR) is 90.3 cm³/mol. The van der Waals surface area contributed by atoms with Crippen LogP contribution in [0.4, 0.5) is 0 Å². The van der Waals surface area contributed by atoms with Gasteiger partial charge in [0.15, 0.2) is 0 Å². The van der Waals surface area contributed by atoms with E-state index in [-0.39, 0.29) is 5.91 Å². The van der Waals surface area contributed by atoms with E-state index >= 15 is 0 Å². The number of nitrogens with one attached hydrogen (secondary N) is 1. The van der Waals surface area contributed by atoms with E-state index in [0.717, 1.165) is 20.5 Å². The van der Waals surface area contributed by atoms with E-state index in [4.69, 9.17) is 5.73 Å². The summed E-state index contributed by atoms with van der Waals surface area (Å²) in [5.41, 5.74) is 7.87. The molecule has 0 saturated heterocycles. The fourth-order valence-electron chi connectivity index (χ4n) is 1.81. The third kappa shape index (κ3) is 4.18. The minimum atomic E-state index is -0.0864. The summed E-state index contributed by atoms with van der Waals surface area (Å²) in [7, 11) is 0. The Balaban J connectivity index is 2.06. The first-order valence-corrected chi connectivity index (χ1v) is 8.08. The van der Waals surface area contributed by atoms with Gasteiger partial charge in [0.25, 0.3) is 5.91 Å². The molecule has 0 aliphatic carbocycles. The third-order valence-electron chi connectivity index (χ3n) is 2.91. The molecule has 5 heteroatoms. The molecule has 0 unspecified atom stereocenters. The topological polar surface area (TPSA) is 55.1 Å². The second-order valence-corrected chi connectivity index (χ2v) is 6.26. The van der Waals surface area contributed by atoms with Gasteiger partial charge in [0.05, 0.1) is 13.1 Å². The van der Waals surface area contributed by atoms with Crippen LogP contribution in [0.2, 0.25) is 0 Å². The molecule has 0 bridgehead atoms. The second kappa shape index (κ2) is 7.41. The number of nitrogens with two attached hydrogens (primary N) is 1. The number of hydrogen-bond donors (Lipinski definition) is 2. The maximum atomic E-state index is 12.2. The highest BCUT2D eigenvalue weighted by molar-refractivity contribution is 9.10. The van der Waals surface area contributed by atoms with Gasteiger partial charge < -0.3 is 11.1 Å². The molecule has 2 aromatic rings. The minimum absolute atomic E-state index is 0.0864. The maximum Gasteiger partial charge on any atom is 0.251 e. The molecule has 0 radical (unpaired) electrons. The lowest BCUT2D eigenvalue weighted by Gasteiger charge is -2.06. The number of carbonyl (C=O) groups excluding carboxylic acids is 1. The number of amides is 1. The molecule has 0 saturated carbocycles. The SMILES string of the molecule is Cc1cc(C(=O)NCc2sccc2Br)ccc1C#CCN. The first kappa shape index (κ1) is 15.8. The van der Waals surface area contributed by atoms with E-state index in [9.17, 15) is 4.79 Å². The molecule has 3 nitrogen and oxygen atoms in total. The van der Waals surface area contributed by atoms with Crippen LogP contribution in [0.1, 0.15) is 26.4 Å². The molecule has 2 rings (SSSR count). The van der Waals surface area contributed by atoms with Crippen LogP contribution in [0.5, 0.6) is 0 Å². The Bertz CT molecular complexity index is 713. The lowest BCUT2D eigenvalue weighted by Crippen LogP contribution is -2.22. The Labute approximate surface area is 136 Å². The molecule has 1 aromatic heterocycles. The normalized spacial score (nSPS) is 9.86. The van der Waals surface area contributed by atoms with Gasteiger partial charge in [-0.2, -0.15) is 0 Å². The van der Waals surface area contributed by atoms with E-state index in [0.29, 0.717) is 18.7 Å². The monoisotopic (exact) mass is 362 g/mol. The fourth-order valence-corrected chi connectivity index (χ4v) is 3.24. The van der Waals surface area contributed by atoms with Crippen molar-refractivity contribution in [3.05, 3.63) is 55.7 Å². The van der Waals surface area contributed by atoms with Gasteiger partial charge in [-0.3, -0.25) is 4.79 Å². The largest absolute Gasteiger partial charge is 0.347 e. The van der Waals surface area contributed by atoms with Crippen LogP contribution in [0.15, 0.2) is 34.1 Å². The van der Waals surface area contributed by atoms with Crippen molar-refractivity contribution in [1.82, 2.24) is 5.32 Å². The summed E-state index contributed by atoms with van der Waals surface area (Å²) in [6.07, 6.45) is 0. The standard InChI is InChI=1S/C16H15BrN2OS/c1-11-9-13(5-4-12(11)3-2-7-18)16(20)19-10-15-14(17)6-8-21-15/h4-6,8-9H,7,10,18H2,1H3,(H,19,20). The summed E-state index contributed by atoms with van der Waals surface area (Å²) in [4.78, 5) is 13.3. The number of aryl methyl sites for hydroxylation is 1. The first-order valence-electron chi connectivity index (χ1n) is 6.41. The summed E-state index contributed by atoms with van der Waals surface area (Å²) in [5.74, 6) is 5.72. The van der Waals surface area contributed by atoms with Crippen molar-refractivity contribution < 1.29 is 4.79 Å². The van der Waals surface area contributed by atoms with Gasteiger partial charge in [0.1, 0.15) is 0 Å². The van der Waals surface area contributed by atoms with Crippen molar-refractivity contribution in [3.8, 4) is 11.8 Å². The van der Waals surface area contributed by atoms with E-state index in [1.165, 1.54) is 0 Å². The molecule has 0 aliphatic heterocycles. The Hall–Kier alpha value is -1.61. The number of rotatable bonds is 3. The Morgan fingerprint density at radius 1 is 1.43 bits per heavy atom. The zero-order chi connectivity index (χ0) is 15.2. The Morgan fingerprint density at radius 3 is 2.86 bits per heavy atom. The molecular formula is C16H15BrN2OS. The molecule has 1 amide bonds. The van der Waals surface area contributed by atoms with E-state index in [2.05, 4.69) is 33.1 Å². The van der Waals surface area contributed by atoms with Gasteiger partial charge in [-0.25, -0.2) is 0 Å². The number of halogens is 1.